The number of hydrogen-bond acceptors (Lipinski definition) is 7. The SMILES string of the molecule is O=[N+]([O-])c1cc(C(F)(F)F)ccc1N1CCN(c2ncnc3ccsc23)CC1. The molecule has 2 aromatic heterocycles. The summed E-state index contributed by atoms with van der Waals surface area (Å²) in [7, 11) is 0. The minimum atomic E-state index is -4.62. The largest absolute Gasteiger partial charge is 0.416 e. The highest BCUT2D eigenvalue weighted by atomic mass is 32.1. The Balaban J connectivity index is 1.57. The number of anilines is 2. The number of nitro benzene ring substituents is 1. The first-order chi connectivity index (χ1) is 13.3. The Kier molecular flexibility index (Phi) is 4.53. The number of thiophene rings is 1. The molecule has 1 aliphatic heterocycles. The van der Waals surface area contributed by atoms with Crippen molar-refractivity contribution in [1.29, 1.82) is 0 Å². The van der Waals surface area contributed by atoms with Crippen LogP contribution in [0.25, 0.3) is 10.2 Å². The molecule has 0 amide bonds. The van der Waals surface area contributed by atoms with Gasteiger partial charge in [0.25, 0.3) is 5.69 Å². The van der Waals surface area contributed by atoms with Crippen LogP contribution in [-0.4, -0.2) is 41.1 Å². The molecular weight excluding hydrogens is 395 g/mol. The molecule has 1 fully saturated rings. The highest BCUT2D eigenvalue weighted by Crippen LogP contribution is 2.37. The molecule has 11 heteroatoms. The van der Waals surface area contributed by atoms with E-state index >= 15 is 0 Å². The van der Waals surface area contributed by atoms with Gasteiger partial charge in [-0.3, -0.25) is 10.1 Å². The van der Waals surface area contributed by atoms with Crippen LogP contribution < -0.4 is 9.80 Å². The summed E-state index contributed by atoms with van der Waals surface area (Å²) >= 11 is 1.54. The second-order valence-electron chi connectivity index (χ2n) is 6.26. The highest BCUT2D eigenvalue weighted by molar-refractivity contribution is 7.17. The Morgan fingerprint density at radius 1 is 1.07 bits per heavy atom. The van der Waals surface area contributed by atoms with Gasteiger partial charge in [0.1, 0.15) is 17.8 Å². The van der Waals surface area contributed by atoms with Gasteiger partial charge in [0.2, 0.25) is 0 Å². The summed E-state index contributed by atoms with van der Waals surface area (Å²) in [4.78, 5) is 22.9. The smallest absolute Gasteiger partial charge is 0.362 e. The molecule has 3 aromatic rings. The fourth-order valence-corrected chi connectivity index (χ4v) is 4.14. The lowest BCUT2D eigenvalue weighted by Crippen LogP contribution is -2.47. The third-order valence-corrected chi connectivity index (χ3v) is 5.54. The van der Waals surface area contributed by atoms with Gasteiger partial charge in [0.05, 0.1) is 20.7 Å². The van der Waals surface area contributed by atoms with Crippen LogP contribution in [0.5, 0.6) is 0 Å². The van der Waals surface area contributed by atoms with Crippen molar-refractivity contribution in [3.05, 3.63) is 51.7 Å². The fraction of sp³-hybridized carbons (Fsp3) is 0.294. The van der Waals surface area contributed by atoms with E-state index in [1.54, 1.807) is 4.90 Å². The average molecular weight is 409 g/mol. The van der Waals surface area contributed by atoms with Crippen LogP contribution in [0.2, 0.25) is 0 Å². The first kappa shape index (κ1) is 18.4. The molecule has 0 bridgehead atoms. The summed E-state index contributed by atoms with van der Waals surface area (Å²) in [6.45, 7) is 1.95. The summed E-state index contributed by atoms with van der Waals surface area (Å²) in [5, 5.41) is 13.3. The van der Waals surface area contributed by atoms with Crippen molar-refractivity contribution in [1.82, 2.24) is 9.97 Å². The Morgan fingerprint density at radius 3 is 2.46 bits per heavy atom. The molecule has 0 radical (unpaired) electrons. The topological polar surface area (TPSA) is 75.4 Å². The number of fused-ring (bicyclic) bond motifs is 1. The summed E-state index contributed by atoms with van der Waals surface area (Å²) in [6, 6.07) is 4.57. The number of hydrogen-bond donors (Lipinski definition) is 0. The van der Waals surface area contributed by atoms with Crippen molar-refractivity contribution in [2.24, 2.45) is 0 Å². The number of alkyl halides is 3. The third-order valence-electron chi connectivity index (χ3n) is 4.64. The molecule has 3 heterocycles. The monoisotopic (exact) mass is 409 g/mol. The number of aromatic nitrogens is 2. The number of halogens is 3. The van der Waals surface area contributed by atoms with Crippen LogP contribution in [0.4, 0.5) is 30.4 Å². The van der Waals surface area contributed by atoms with Crippen LogP contribution >= 0.6 is 11.3 Å². The minimum Gasteiger partial charge on any atom is -0.362 e. The standard InChI is InChI=1S/C17H14F3N5O2S/c18-17(19,20)11-1-2-13(14(9-11)25(26)27)23-4-6-24(7-5-23)16-15-12(3-8-28-15)21-10-22-16/h1-3,8-10H,4-7H2. The van der Waals surface area contributed by atoms with Crippen molar-refractivity contribution in [3.8, 4) is 0 Å². The number of rotatable bonds is 3. The zero-order valence-electron chi connectivity index (χ0n) is 14.4. The number of nitro groups is 1. The van der Waals surface area contributed by atoms with Gasteiger partial charge in [-0.05, 0) is 23.6 Å². The zero-order valence-corrected chi connectivity index (χ0v) is 15.2. The van der Waals surface area contributed by atoms with Gasteiger partial charge in [0, 0.05) is 32.2 Å². The van der Waals surface area contributed by atoms with Crippen LogP contribution in [-0.2, 0) is 6.18 Å². The van der Waals surface area contributed by atoms with E-state index < -0.39 is 22.4 Å². The predicted molar refractivity (Wildman–Crippen MR) is 99.9 cm³/mol. The maximum atomic E-state index is 12.9. The predicted octanol–water partition coefficient (Wildman–Crippen LogP) is 3.94. The molecular formula is C17H14F3N5O2S. The average Bonchev–Trinajstić information content (AvgIpc) is 3.16. The summed E-state index contributed by atoms with van der Waals surface area (Å²) in [5.74, 6) is 0.807. The molecule has 4 rings (SSSR count). The molecule has 1 saturated heterocycles. The molecule has 1 aliphatic rings. The second kappa shape index (κ2) is 6.89. The van der Waals surface area contributed by atoms with Gasteiger partial charge in [0.15, 0.2) is 0 Å². The summed E-state index contributed by atoms with van der Waals surface area (Å²) < 4.78 is 39.6. The second-order valence-corrected chi connectivity index (χ2v) is 7.18. The third kappa shape index (κ3) is 3.33. The highest BCUT2D eigenvalue weighted by Gasteiger charge is 2.34. The molecule has 28 heavy (non-hydrogen) atoms. The van der Waals surface area contributed by atoms with E-state index in [-0.39, 0.29) is 5.69 Å². The van der Waals surface area contributed by atoms with E-state index in [4.69, 9.17) is 0 Å². The van der Waals surface area contributed by atoms with Gasteiger partial charge in [-0.15, -0.1) is 11.3 Å². The van der Waals surface area contributed by atoms with Gasteiger partial charge >= 0.3 is 6.18 Å². The molecule has 1 aromatic carbocycles. The molecule has 0 atom stereocenters. The first-order valence-electron chi connectivity index (χ1n) is 8.38. The van der Waals surface area contributed by atoms with Crippen LogP contribution in [0.1, 0.15) is 5.56 Å². The van der Waals surface area contributed by atoms with E-state index in [0.717, 1.165) is 22.1 Å². The van der Waals surface area contributed by atoms with Crippen molar-refractivity contribution < 1.29 is 18.1 Å². The Hall–Kier alpha value is -2.95. The maximum Gasteiger partial charge on any atom is 0.416 e. The van der Waals surface area contributed by atoms with Crippen molar-refractivity contribution >= 4 is 38.7 Å². The quantitative estimate of drug-likeness (QED) is 0.482. The van der Waals surface area contributed by atoms with Crippen LogP contribution in [0, 0.1) is 10.1 Å². The van der Waals surface area contributed by atoms with Crippen molar-refractivity contribution in [3.63, 3.8) is 0 Å². The molecule has 7 nitrogen and oxygen atoms in total. The molecule has 0 spiro atoms. The van der Waals surface area contributed by atoms with Gasteiger partial charge in [-0.25, -0.2) is 9.97 Å². The molecule has 146 valence electrons. The molecule has 0 unspecified atom stereocenters. The normalized spacial score (nSPS) is 15.2. The summed E-state index contributed by atoms with van der Waals surface area (Å²) in [6.07, 6.45) is -3.13. The van der Waals surface area contributed by atoms with Gasteiger partial charge < -0.3 is 9.80 Å². The Morgan fingerprint density at radius 2 is 1.79 bits per heavy atom. The Bertz CT molecular complexity index is 1030. The van der Waals surface area contributed by atoms with E-state index in [1.807, 2.05) is 11.4 Å². The van der Waals surface area contributed by atoms with Gasteiger partial charge in [-0.1, -0.05) is 0 Å². The van der Waals surface area contributed by atoms with E-state index in [9.17, 15) is 23.3 Å². The van der Waals surface area contributed by atoms with Gasteiger partial charge in [-0.2, -0.15) is 13.2 Å². The minimum absolute atomic E-state index is 0.196. The van der Waals surface area contributed by atoms with E-state index in [1.165, 1.54) is 23.7 Å². The lowest BCUT2D eigenvalue weighted by molar-refractivity contribution is -0.384. The lowest BCUT2D eigenvalue weighted by Gasteiger charge is -2.36. The van der Waals surface area contributed by atoms with Crippen LogP contribution in [0.3, 0.4) is 0 Å². The Labute approximate surface area is 161 Å². The number of nitrogens with zero attached hydrogens (tertiary/aromatic N) is 5. The van der Waals surface area contributed by atoms with Crippen molar-refractivity contribution in [2.75, 3.05) is 36.0 Å². The lowest BCUT2D eigenvalue weighted by atomic mass is 10.1. The number of benzene rings is 1. The van der Waals surface area contributed by atoms with E-state index in [2.05, 4.69) is 14.9 Å². The van der Waals surface area contributed by atoms with E-state index in [0.29, 0.717) is 32.2 Å². The fourth-order valence-electron chi connectivity index (χ4n) is 3.27. The number of piperazine rings is 1. The van der Waals surface area contributed by atoms with Crippen molar-refractivity contribution in [2.45, 2.75) is 6.18 Å². The molecule has 0 N–H and O–H groups in total. The van der Waals surface area contributed by atoms with Crippen LogP contribution in [0.15, 0.2) is 36.0 Å². The zero-order chi connectivity index (χ0) is 19.9. The first-order valence-corrected chi connectivity index (χ1v) is 9.26. The summed E-state index contributed by atoms with van der Waals surface area (Å²) in [5.41, 5.74) is -0.508. The molecule has 0 saturated carbocycles. The molecule has 0 aliphatic carbocycles. The maximum absolute atomic E-state index is 12.9.